The molecule has 104 valence electrons. The molecule has 2 aromatic heterocycles. The van der Waals surface area contributed by atoms with Crippen LogP contribution in [-0.2, 0) is 12.3 Å². The molecule has 0 N–H and O–H groups in total. The first kappa shape index (κ1) is 13.7. The highest BCUT2D eigenvalue weighted by Crippen LogP contribution is 2.30. The molecule has 0 radical (unpaired) electrons. The number of fused-ring (bicyclic) bond motifs is 1. The standard InChI is InChI=1S/C14H14BrN3OS/c1-3-18-11(13(15)9(2)17-18)8-20-14-16-10-6-4-5-7-12(10)19-14/h4-7H,3,8H2,1-2H3. The van der Waals surface area contributed by atoms with Crippen molar-refractivity contribution in [1.29, 1.82) is 0 Å². The first-order valence-corrected chi connectivity index (χ1v) is 8.17. The second-order valence-electron chi connectivity index (χ2n) is 4.40. The Kier molecular flexibility index (Phi) is 3.85. The Hall–Kier alpha value is -1.27. The number of aromatic nitrogens is 3. The zero-order chi connectivity index (χ0) is 14.1. The van der Waals surface area contributed by atoms with Gasteiger partial charge in [0.05, 0.1) is 15.9 Å². The molecule has 0 amide bonds. The quantitative estimate of drug-likeness (QED) is 0.653. The van der Waals surface area contributed by atoms with E-state index in [1.165, 1.54) is 0 Å². The molecular weight excluding hydrogens is 338 g/mol. The van der Waals surface area contributed by atoms with E-state index >= 15 is 0 Å². The van der Waals surface area contributed by atoms with Crippen LogP contribution in [0.1, 0.15) is 18.3 Å². The number of oxazole rings is 1. The van der Waals surface area contributed by atoms with Gasteiger partial charge in [0.1, 0.15) is 5.52 Å². The third-order valence-corrected chi connectivity index (χ3v) is 4.93. The second-order valence-corrected chi connectivity index (χ2v) is 6.12. The van der Waals surface area contributed by atoms with E-state index in [-0.39, 0.29) is 0 Å². The van der Waals surface area contributed by atoms with Crippen LogP contribution < -0.4 is 0 Å². The van der Waals surface area contributed by atoms with Gasteiger partial charge in [-0.15, -0.1) is 0 Å². The lowest BCUT2D eigenvalue weighted by molar-refractivity contribution is 0.489. The summed E-state index contributed by atoms with van der Waals surface area (Å²) in [5, 5.41) is 5.18. The first-order chi connectivity index (χ1) is 9.69. The van der Waals surface area contributed by atoms with Gasteiger partial charge in [-0.25, -0.2) is 4.98 Å². The van der Waals surface area contributed by atoms with E-state index in [1.54, 1.807) is 11.8 Å². The fourth-order valence-corrected chi connectivity index (χ4v) is 3.52. The van der Waals surface area contributed by atoms with Crippen molar-refractivity contribution in [3.63, 3.8) is 0 Å². The van der Waals surface area contributed by atoms with E-state index in [0.29, 0.717) is 5.22 Å². The number of rotatable bonds is 4. The molecule has 0 saturated heterocycles. The van der Waals surface area contributed by atoms with Gasteiger partial charge in [0, 0.05) is 12.3 Å². The maximum Gasteiger partial charge on any atom is 0.257 e. The summed E-state index contributed by atoms with van der Waals surface area (Å²) in [4.78, 5) is 4.47. The summed E-state index contributed by atoms with van der Waals surface area (Å²) in [5.74, 6) is 0.780. The molecule has 2 heterocycles. The SMILES string of the molecule is CCn1nc(C)c(Br)c1CSc1nc2ccccc2o1. The minimum atomic E-state index is 0.694. The van der Waals surface area contributed by atoms with Crippen molar-refractivity contribution in [3.05, 3.63) is 40.1 Å². The van der Waals surface area contributed by atoms with Gasteiger partial charge in [-0.1, -0.05) is 23.9 Å². The predicted octanol–water partition coefficient (Wildman–Crippen LogP) is 4.41. The monoisotopic (exact) mass is 351 g/mol. The Balaban J connectivity index is 1.82. The van der Waals surface area contributed by atoms with Crippen LogP contribution in [0, 0.1) is 6.92 Å². The van der Waals surface area contributed by atoms with E-state index in [2.05, 4.69) is 32.9 Å². The summed E-state index contributed by atoms with van der Waals surface area (Å²) in [5.41, 5.74) is 3.90. The average Bonchev–Trinajstić information content (AvgIpc) is 2.98. The molecule has 4 nitrogen and oxygen atoms in total. The highest BCUT2D eigenvalue weighted by atomic mass is 79.9. The van der Waals surface area contributed by atoms with Crippen molar-refractivity contribution in [3.8, 4) is 0 Å². The van der Waals surface area contributed by atoms with Crippen molar-refractivity contribution in [2.24, 2.45) is 0 Å². The van der Waals surface area contributed by atoms with Gasteiger partial charge < -0.3 is 4.42 Å². The number of aryl methyl sites for hydroxylation is 2. The molecule has 0 unspecified atom stereocenters. The Morgan fingerprint density at radius 2 is 2.15 bits per heavy atom. The number of hydrogen-bond donors (Lipinski definition) is 0. The number of para-hydroxylation sites is 2. The number of benzene rings is 1. The lowest BCUT2D eigenvalue weighted by atomic mass is 10.3. The number of hydrogen-bond acceptors (Lipinski definition) is 4. The summed E-state index contributed by atoms with van der Waals surface area (Å²) >= 11 is 5.19. The van der Waals surface area contributed by atoms with Crippen LogP contribution >= 0.6 is 27.7 Å². The maximum atomic E-state index is 5.72. The molecule has 3 aromatic rings. The van der Waals surface area contributed by atoms with Crippen LogP contribution in [0.4, 0.5) is 0 Å². The Morgan fingerprint density at radius 3 is 2.90 bits per heavy atom. The van der Waals surface area contributed by atoms with Crippen molar-refractivity contribution in [1.82, 2.24) is 14.8 Å². The highest BCUT2D eigenvalue weighted by molar-refractivity contribution is 9.10. The third-order valence-electron chi connectivity index (χ3n) is 3.06. The second kappa shape index (κ2) is 5.61. The van der Waals surface area contributed by atoms with Crippen molar-refractivity contribution < 1.29 is 4.42 Å². The van der Waals surface area contributed by atoms with Gasteiger partial charge in [-0.05, 0) is 41.9 Å². The minimum Gasteiger partial charge on any atom is -0.431 e. The van der Waals surface area contributed by atoms with Gasteiger partial charge in [0.25, 0.3) is 5.22 Å². The van der Waals surface area contributed by atoms with E-state index in [4.69, 9.17) is 4.42 Å². The number of thioether (sulfide) groups is 1. The van der Waals surface area contributed by atoms with Gasteiger partial charge in [0.2, 0.25) is 0 Å². The van der Waals surface area contributed by atoms with Gasteiger partial charge >= 0.3 is 0 Å². The molecule has 0 atom stereocenters. The normalized spacial score (nSPS) is 11.3. The fourth-order valence-electron chi connectivity index (χ4n) is 2.05. The zero-order valence-electron chi connectivity index (χ0n) is 11.3. The minimum absolute atomic E-state index is 0.694. The maximum absolute atomic E-state index is 5.72. The molecule has 0 saturated carbocycles. The number of nitrogens with zero attached hydrogens (tertiary/aromatic N) is 3. The summed E-state index contributed by atoms with van der Waals surface area (Å²) in [6.07, 6.45) is 0. The molecule has 0 bridgehead atoms. The molecular formula is C14H14BrN3OS. The van der Waals surface area contributed by atoms with Crippen LogP contribution in [0.2, 0.25) is 0 Å². The Morgan fingerprint density at radius 1 is 1.35 bits per heavy atom. The van der Waals surface area contributed by atoms with Gasteiger partial charge in [-0.3, -0.25) is 4.68 Å². The summed E-state index contributed by atoms with van der Waals surface area (Å²) in [6, 6.07) is 7.81. The Bertz CT molecular complexity index is 717. The largest absolute Gasteiger partial charge is 0.431 e. The van der Waals surface area contributed by atoms with Crippen LogP contribution in [-0.4, -0.2) is 14.8 Å². The van der Waals surface area contributed by atoms with Gasteiger partial charge in [0.15, 0.2) is 5.58 Å². The molecule has 0 aliphatic carbocycles. The molecule has 0 aliphatic rings. The molecule has 3 rings (SSSR count). The van der Waals surface area contributed by atoms with Crippen molar-refractivity contribution >= 4 is 38.8 Å². The predicted molar refractivity (Wildman–Crippen MR) is 83.9 cm³/mol. The topological polar surface area (TPSA) is 43.9 Å². The van der Waals surface area contributed by atoms with Crippen LogP contribution in [0.25, 0.3) is 11.1 Å². The summed E-state index contributed by atoms with van der Waals surface area (Å²) < 4.78 is 8.80. The first-order valence-electron chi connectivity index (χ1n) is 6.39. The molecule has 6 heteroatoms. The van der Waals surface area contributed by atoms with Gasteiger partial charge in [-0.2, -0.15) is 5.10 Å². The lowest BCUT2D eigenvalue weighted by Gasteiger charge is -2.03. The van der Waals surface area contributed by atoms with E-state index < -0.39 is 0 Å². The zero-order valence-corrected chi connectivity index (χ0v) is 13.7. The van der Waals surface area contributed by atoms with Crippen LogP contribution in [0.5, 0.6) is 0 Å². The molecule has 0 spiro atoms. The van der Waals surface area contributed by atoms with Crippen molar-refractivity contribution in [2.75, 3.05) is 0 Å². The lowest BCUT2D eigenvalue weighted by Crippen LogP contribution is -2.01. The molecule has 0 aliphatic heterocycles. The molecule has 20 heavy (non-hydrogen) atoms. The van der Waals surface area contributed by atoms with Crippen molar-refractivity contribution in [2.45, 2.75) is 31.4 Å². The van der Waals surface area contributed by atoms with Crippen LogP contribution in [0.3, 0.4) is 0 Å². The van der Waals surface area contributed by atoms with Crippen LogP contribution in [0.15, 0.2) is 38.4 Å². The smallest absolute Gasteiger partial charge is 0.257 e. The highest BCUT2D eigenvalue weighted by Gasteiger charge is 2.14. The fraction of sp³-hybridized carbons (Fsp3) is 0.286. The Labute approximate surface area is 129 Å². The van der Waals surface area contributed by atoms with E-state index in [1.807, 2.05) is 35.9 Å². The number of halogens is 1. The molecule has 0 fully saturated rings. The summed E-state index contributed by atoms with van der Waals surface area (Å²) in [7, 11) is 0. The average molecular weight is 352 g/mol. The van der Waals surface area contributed by atoms with E-state index in [9.17, 15) is 0 Å². The van der Waals surface area contributed by atoms with E-state index in [0.717, 1.165) is 39.3 Å². The molecule has 1 aromatic carbocycles. The third kappa shape index (κ3) is 2.50. The summed E-state index contributed by atoms with van der Waals surface area (Å²) in [6.45, 7) is 4.95.